The number of hydrogen-bond acceptors (Lipinski definition) is 2. The van der Waals surface area contributed by atoms with Gasteiger partial charge >= 0.3 is 0 Å². The zero-order valence-corrected chi connectivity index (χ0v) is 12.7. The molecule has 2 unspecified atom stereocenters. The number of hydrogen-bond donors (Lipinski definition) is 1. The van der Waals surface area contributed by atoms with E-state index in [0.717, 1.165) is 31.4 Å². The van der Waals surface area contributed by atoms with E-state index < -0.39 is 0 Å². The van der Waals surface area contributed by atoms with Crippen LogP contribution in [0.4, 0.5) is 0 Å². The fourth-order valence-corrected chi connectivity index (χ4v) is 3.09. The van der Waals surface area contributed by atoms with Crippen molar-refractivity contribution in [2.45, 2.75) is 38.6 Å². The predicted octanol–water partition coefficient (Wildman–Crippen LogP) is 2.53. The number of benzene rings is 1. The summed E-state index contributed by atoms with van der Waals surface area (Å²) in [5.41, 5.74) is 6.93. The normalized spacial score (nSPS) is 19.9. The molecule has 2 atom stereocenters. The monoisotopic (exact) mass is 290 g/mol. The molecule has 108 valence electrons. The Kier molecular flexibility index (Phi) is 5.12. The third-order valence-corrected chi connectivity index (χ3v) is 4.34. The zero-order chi connectivity index (χ0) is 14.5. The molecule has 1 heterocycles. The van der Waals surface area contributed by atoms with Crippen LogP contribution >= 0.6 is 12.2 Å². The van der Waals surface area contributed by atoms with E-state index in [-0.39, 0.29) is 11.8 Å². The van der Waals surface area contributed by atoms with Crippen molar-refractivity contribution in [1.29, 1.82) is 0 Å². The van der Waals surface area contributed by atoms with Crippen LogP contribution in [0.1, 0.15) is 31.7 Å². The van der Waals surface area contributed by atoms with Gasteiger partial charge in [0, 0.05) is 12.6 Å². The van der Waals surface area contributed by atoms with E-state index in [1.54, 1.807) is 0 Å². The van der Waals surface area contributed by atoms with E-state index in [1.165, 1.54) is 0 Å². The summed E-state index contributed by atoms with van der Waals surface area (Å²) in [7, 11) is 0. The molecule has 0 aromatic heterocycles. The van der Waals surface area contributed by atoms with Crippen molar-refractivity contribution in [3.8, 4) is 0 Å². The van der Waals surface area contributed by atoms with Gasteiger partial charge in [0.2, 0.25) is 5.91 Å². The Labute approximate surface area is 126 Å². The van der Waals surface area contributed by atoms with Gasteiger partial charge in [-0.1, -0.05) is 49.5 Å². The van der Waals surface area contributed by atoms with E-state index in [0.29, 0.717) is 17.5 Å². The maximum Gasteiger partial charge on any atom is 0.233 e. The Morgan fingerprint density at radius 3 is 2.75 bits per heavy atom. The van der Waals surface area contributed by atoms with Gasteiger partial charge in [0.25, 0.3) is 0 Å². The van der Waals surface area contributed by atoms with Gasteiger partial charge in [0.1, 0.15) is 0 Å². The molecule has 0 saturated carbocycles. The number of nitrogens with zero attached hydrogens (tertiary/aromatic N) is 1. The molecule has 3 nitrogen and oxygen atoms in total. The fourth-order valence-electron chi connectivity index (χ4n) is 2.91. The quantitative estimate of drug-likeness (QED) is 0.848. The molecule has 2 N–H and O–H groups in total. The molecule has 1 aliphatic rings. The lowest BCUT2D eigenvalue weighted by molar-refractivity contribution is -0.134. The molecule has 0 spiro atoms. The summed E-state index contributed by atoms with van der Waals surface area (Å²) in [6.45, 7) is 2.97. The number of likely N-dealkylation sites (tertiary alicyclic amines) is 1. The van der Waals surface area contributed by atoms with Crippen molar-refractivity contribution in [3.05, 3.63) is 35.9 Å². The highest BCUT2D eigenvalue weighted by Crippen LogP contribution is 2.23. The third-order valence-electron chi connectivity index (χ3n) is 4.06. The minimum atomic E-state index is -0.375. The fraction of sp³-hybridized carbons (Fsp3) is 0.500. The van der Waals surface area contributed by atoms with E-state index in [9.17, 15) is 4.79 Å². The van der Waals surface area contributed by atoms with Gasteiger partial charge in [0.15, 0.2) is 0 Å². The van der Waals surface area contributed by atoms with Crippen LogP contribution in [0.15, 0.2) is 30.3 Å². The first-order valence-corrected chi connectivity index (χ1v) is 7.68. The summed E-state index contributed by atoms with van der Waals surface area (Å²) in [6.07, 6.45) is 3.78. The predicted molar refractivity (Wildman–Crippen MR) is 85.4 cm³/mol. The van der Waals surface area contributed by atoms with Crippen LogP contribution in [-0.2, 0) is 11.2 Å². The molecular weight excluding hydrogens is 268 g/mol. The average Bonchev–Trinajstić information content (AvgIpc) is 2.93. The van der Waals surface area contributed by atoms with Crippen LogP contribution in [0, 0.1) is 5.92 Å². The van der Waals surface area contributed by atoms with Crippen molar-refractivity contribution in [2.75, 3.05) is 6.54 Å². The average molecular weight is 290 g/mol. The molecule has 0 aliphatic carbocycles. The van der Waals surface area contributed by atoms with Gasteiger partial charge in [0.05, 0.1) is 10.9 Å². The van der Waals surface area contributed by atoms with Crippen molar-refractivity contribution in [1.82, 2.24) is 4.90 Å². The molecule has 1 aromatic rings. The number of carbonyl (C=O) groups excluding carboxylic acids is 1. The number of rotatable bonds is 5. The van der Waals surface area contributed by atoms with Crippen LogP contribution in [0.2, 0.25) is 0 Å². The molecule has 2 rings (SSSR count). The van der Waals surface area contributed by atoms with Crippen LogP contribution in [0.5, 0.6) is 0 Å². The van der Waals surface area contributed by atoms with Crippen molar-refractivity contribution < 1.29 is 4.79 Å². The summed E-state index contributed by atoms with van der Waals surface area (Å²) in [6, 6.07) is 10.3. The molecule has 20 heavy (non-hydrogen) atoms. The molecule has 1 aliphatic heterocycles. The number of thiocarbonyl (C=S) groups is 1. The lowest BCUT2D eigenvalue weighted by Gasteiger charge is -2.28. The molecule has 1 aromatic carbocycles. The minimum Gasteiger partial charge on any atom is -0.393 e. The first kappa shape index (κ1) is 15.0. The molecule has 1 fully saturated rings. The summed E-state index contributed by atoms with van der Waals surface area (Å²) >= 11 is 5.13. The van der Waals surface area contributed by atoms with Gasteiger partial charge in [-0.25, -0.2) is 0 Å². The van der Waals surface area contributed by atoms with Crippen LogP contribution in [-0.4, -0.2) is 28.4 Å². The second-order valence-corrected chi connectivity index (χ2v) is 5.85. The van der Waals surface area contributed by atoms with Crippen LogP contribution in [0.25, 0.3) is 0 Å². The topological polar surface area (TPSA) is 46.3 Å². The lowest BCUT2D eigenvalue weighted by atomic mass is 9.97. The number of nitrogens with two attached hydrogens (primary N) is 1. The van der Waals surface area contributed by atoms with Gasteiger partial charge in [-0.2, -0.15) is 0 Å². The minimum absolute atomic E-state index is 0.103. The molecular formula is C16H22N2OS. The first-order chi connectivity index (χ1) is 9.63. The highest BCUT2D eigenvalue weighted by Gasteiger charge is 2.33. The smallest absolute Gasteiger partial charge is 0.233 e. The Morgan fingerprint density at radius 2 is 2.15 bits per heavy atom. The van der Waals surface area contributed by atoms with Gasteiger partial charge in [-0.15, -0.1) is 0 Å². The maximum absolute atomic E-state index is 12.7. The highest BCUT2D eigenvalue weighted by molar-refractivity contribution is 7.80. The van der Waals surface area contributed by atoms with Gasteiger partial charge < -0.3 is 10.6 Å². The lowest BCUT2D eigenvalue weighted by Crippen LogP contribution is -2.44. The summed E-state index contributed by atoms with van der Waals surface area (Å²) in [4.78, 5) is 15.0. The molecule has 4 heteroatoms. The van der Waals surface area contributed by atoms with Crippen LogP contribution < -0.4 is 5.73 Å². The van der Waals surface area contributed by atoms with E-state index in [1.807, 2.05) is 35.2 Å². The molecule has 0 radical (unpaired) electrons. The Hall–Kier alpha value is -1.42. The first-order valence-electron chi connectivity index (χ1n) is 7.27. The summed E-state index contributed by atoms with van der Waals surface area (Å²) < 4.78 is 0. The summed E-state index contributed by atoms with van der Waals surface area (Å²) in [5, 5.41) is 0. The number of amides is 1. The Balaban J connectivity index is 2.12. The van der Waals surface area contributed by atoms with Crippen molar-refractivity contribution in [3.63, 3.8) is 0 Å². The van der Waals surface area contributed by atoms with Crippen LogP contribution in [0.3, 0.4) is 0 Å². The zero-order valence-electron chi connectivity index (χ0n) is 11.9. The van der Waals surface area contributed by atoms with Crippen molar-refractivity contribution in [2.24, 2.45) is 11.7 Å². The standard InChI is InChI=1S/C16H22N2OS/c1-2-13-9-6-10-18(13)16(19)14(15(17)20)11-12-7-4-3-5-8-12/h3-5,7-8,13-14H,2,6,9-11H2,1H3,(H2,17,20). The second kappa shape index (κ2) is 6.84. The Morgan fingerprint density at radius 1 is 1.45 bits per heavy atom. The number of carbonyl (C=O) groups is 1. The third kappa shape index (κ3) is 3.37. The van der Waals surface area contributed by atoms with E-state index >= 15 is 0 Å². The van der Waals surface area contributed by atoms with Crippen molar-refractivity contribution >= 4 is 23.1 Å². The van der Waals surface area contributed by atoms with E-state index in [4.69, 9.17) is 18.0 Å². The van der Waals surface area contributed by atoms with E-state index in [2.05, 4.69) is 6.92 Å². The SMILES string of the molecule is CCC1CCCN1C(=O)C(Cc1ccccc1)C(N)=S. The molecule has 1 amide bonds. The highest BCUT2D eigenvalue weighted by atomic mass is 32.1. The molecule has 0 bridgehead atoms. The largest absolute Gasteiger partial charge is 0.393 e. The summed E-state index contributed by atoms with van der Waals surface area (Å²) in [5.74, 6) is -0.273. The maximum atomic E-state index is 12.7. The van der Waals surface area contributed by atoms with Gasteiger partial charge in [-0.3, -0.25) is 4.79 Å². The van der Waals surface area contributed by atoms with Gasteiger partial charge in [-0.05, 0) is 31.2 Å². The Bertz CT molecular complexity index is 475. The second-order valence-electron chi connectivity index (χ2n) is 5.38. The molecule has 1 saturated heterocycles.